The molecule has 0 aromatic rings. The van der Waals surface area contributed by atoms with Crippen LogP contribution in [0.25, 0.3) is 0 Å². The van der Waals surface area contributed by atoms with Crippen LogP contribution in [-0.2, 0) is 32.7 Å². The topological polar surface area (TPSA) is 111 Å². The minimum absolute atomic E-state index is 0.0411. The van der Waals surface area contributed by atoms with Crippen LogP contribution in [0.15, 0.2) is 85.1 Å². The van der Waals surface area contributed by atoms with Gasteiger partial charge in [0.2, 0.25) is 0 Å². The molecule has 0 amide bonds. The van der Waals surface area contributed by atoms with Crippen molar-refractivity contribution in [1.29, 1.82) is 0 Å². The summed E-state index contributed by atoms with van der Waals surface area (Å²) in [5, 5.41) is 0. The van der Waals surface area contributed by atoms with Crippen molar-refractivity contribution < 1.29 is 42.1 Å². The Hall–Kier alpha value is -2.81. The van der Waals surface area contributed by atoms with Crippen molar-refractivity contribution in [3.63, 3.8) is 0 Å². The molecule has 0 aliphatic rings. The fourth-order valence-corrected chi connectivity index (χ4v) is 7.07. The number of ether oxygens (including phenoxy) is 2. The Morgan fingerprint density at radius 2 is 0.905 bits per heavy atom. The van der Waals surface area contributed by atoms with Gasteiger partial charge in [-0.2, -0.15) is 0 Å². The second kappa shape index (κ2) is 44.4. The highest BCUT2D eigenvalue weighted by molar-refractivity contribution is 7.45. The summed E-state index contributed by atoms with van der Waals surface area (Å²) in [4.78, 5) is 37.6. The number of phosphoric acid groups is 1. The second-order valence-electron chi connectivity index (χ2n) is 17.5. The van der Waals surface area contributed by atoms with Crippen molar-refractivity contribution in [1.82, 2.24) is 0 Å². The summed E-state index contributed by atoms with van der Waals surface area (Å²) in [7, 11) is 1.13. The van der Waals surface area contributed by atoms with Crippen LogP contribution in [0.3, 0.4) is 0 Å². The van der Waals surface area contributed by atoms with Crippen LogP contribution < -0.4 is 4.89 Å². The van der Waals surface area contributed by atoms with Gasteiger partial charge in [0.05, 0.1) is 27.7 Å². The zero-order valence-corrected chi connectivity index (χ0v) is 41.6. The number of rotatable bonds is 44. The Bertz CT molecular complexity index is 1340. The van der Waals surface area contributed by atoms with Crippen molar-refractivity contribution in [2.75, 3.05) is 47.5 Å². The summed E-state index contributed by atoms with van der Waals surface area (Å²) in [5.41, 5.74) is 0. The van der Waals surface area contributed by atoms with Crippen molar-refractivity contribution in [2.24, 2.45) is 0 Å². The molecular weight excluding hydrogens is 810 g/mol. The Kier molecular flexibility index (Phi) is 42.4. The van der Waals surface area contributed by atoms with E-state index >= 15 is 0 Å². The van der Waals surface area contributed by atoms with E-state index in [4.69, 9.17) is 18.5 Å². The number of nitrogens with zero attached hydrogens (tertiary/aromatic N) is 1. The van der Waals surface area contributed by atoms with Gasteiger partial charge < -0.3 is 27.9 Å². The van der Waals surface area contributed by atoms with E-state index in [1.807, 2.05) is 21.1 Å². The maximum atomic E-state index is 12.7. The molecule has 0 rings (SSSR count). The molecule has 0 aliphatic heterocycles. The molecule has 63 heavy (non-hydrogen) atoms. The molecule has 0 N–H and O–H groups in total. The van der Waals surface area contributed by atoms with Crippen LogP contribution in [0.2, 0.25) is 0 Å². The van der Waals surface area contributed by atoms with Crippen molar-refractivity contribution in [2.45, 2.75) is 193 Å². The normalized spacial score (nSPS) is 14.2. The predicted molar refractivity (Wildman–Crippen MR) is 263 cm³/mol. The summed E-state index contributed by atoms with van der Waals surface area (Å²) in [6.45, 7) is 4.07. The fourth-order valence-electron chi connectivity index (χ4n) is 6.34. The van der Waals surface area contributed by atoms with Gasteiger partial charge in [0.25, 0.3) is 7.82 Å². The number of quaternary nitrogens is 1. The molecule has 0 aromatic carbocycles. The van der Waals surface area contributed by atoms with Crippen LogP contribution in [-0.4, -0.2) is 70.0 Å². The summed E-state index contributed by atoms with van der Waals surface area (Å²) in [6.07, 6.45) is 57.5. The number of carbonyl (C=O) groups excluding carboxylic acids is 2. The summed E-state index contributed by atoms with van der Waals surface area (Å²) >= 11 is 0. The zero-order valence-electron chi connectivity index (χ0n) is 40.7. The molecular formula is C53H92NO8P. The van der Waals surface area contributed by atoms with Crippen LogP contribution in [0, 0.1) is 0 Å². The number of hydrogen-bond donors (Lipinski definition) is 0. The third-order valence-corrected chi connectivity index (χ3v) is 11.1. The Labute approximate surface area is 386 Å². The maximum Gasteiger partial charge on any atom is 0.306 e. The van der Waals surface area contributed by atoms with Gasteiger partial charge in [0, 0.05) is 12.8 Å². The summed E-state index contributed by atoms with van der Waals surface area (Å²) in [5.74, 6) is -0.875. The molecule has 2 unspecified atom stereocenters. The SMILES string of the molecule is CC/C=C\C/C=C\C/C=C\C/C=C\C/C=C\C/C=C\C/C=C\CCCCCC(=O)OC(COC(=O)CCCCCCCCCCCCCCCC)COP(=O)([O-])OCC[N+](C)(C)C. The first-order valence-electron chi connectivity index (χ1n) is 24.8. The molecule has 0 fully saturated rings. The third kappa shape index (κ3) is 48.5. The van der Waals surface area contributed by atoms with Gasteiger partial charge in [-0.15, -0.1) is 0 Å². The van der Waals surface area contributed by atoms with Crippen LogP contribution in [0.1, 0.15) is 187 Å². The molecule has 9 nitrogen and oxygen atoms in total. The van der Waals surface area contributed by atoms with Gasteiger partial charge >= 0.3 is 11.9 Å². The lowest BCUT2D eigenvalue weighted by Gasteiger charge is -2.28. The number of likely N-dealkylation sites (N-methyl/N-ethyl adjacent to an activating group) is 1. The van der Waals surface area contributed by atoms with E-state index in [0.29, 0.717) is 17.4 Å². The van der Waals surface area contributed by atoms with Gasteiger partial charge in [-0.05, 0) is 70.6 Å². The number of unbranched alkanes of at least 4 members (excludes halogenated alkanes) is 16. The lowest BCUT2D eigenvalue weighted by Crippen LogP contribution is -2.37. The monoisotopic (exact) mass is 902 g/mol. The molecule has 0 radical (unpaired) electrons. The smallest absolute Gasteiger partial charge is 0.306 e. The number of allylic oxidation sites excluding steroid dienone is 14. The highest BCUT2D eigenvalue weighted by Gasteiger charge is 2.21. The number of hydrogen-bond acceptors (Lipinski definition) is 8. The van der Waals surface area contributed by atoms with Crippen LogP contribution >= 0.6 is 7.82 Å². The standard InChI is InChI=1S/C53H92NO8P/c1-6-8-10-12-14-16-18-20-22-23-24-25-26-27-28-29-30-31-32-34-36-38-40-42-44-46-53(56)62-51(50-61-63(57,58)60-48-47-54(3,4)5)49-59-52(55)45-43-41-39-37-35-33-21-19-17-15-13-11-9-7-2/h8,10,14,16,20,22,24-25,27-28,30-31,34,36,51H,6-7,9,11-13,15,17-19,21,23,26,29,32-33,35,37-50H2,1-5H3/b10-8-,16-14-,22-20-,25-24-,28-27-,31-30-,36-34-. The van der Waals surface area contributed by atoms with Crippen molar-refractivity contribution in [3.8, 4) is 0 Å². The number of esters is 2. The average molecular weight is 902 g/mol. The van der Waals surface area contributed by atoms with E-state index in [-0.39, 0.29) is 26.1 Å². The van der Waals surface area contributed by atoms with Crippen molar-refractivity contribution >= 4 is 19.8 Å². The van der Waals surface area contributed by atoms with E-state index < -0.39 is 32.5 Å². The molecule has 2 atom stereocenters. The Balaban J connectivity index is 4.36. The minimum atomic E-state index is -4.64. The lowest BCUT2D eigenvalue weighted by molar-refractivity contribution is -0.870. The first kappa shape index (κ1) is 60.2. The van der Waals surface area contributed by atoms with Gasteiger partial charge in [-0.3, -0.25) is 14.2 Å². The third-order valence-electron chi connectivity index (χ3n) is 10.2. The fraction of sp³-hybridized carbons (Fsp3) is 0.698. The molecule has 0 spiro atoms. The van der Waals surface area contributed by atoms with E-state index in [2.05, 4.69) is 98.9 Å². The predicted octanol–water partition coefficient (Wildman–Crippen LogP) is 14.1. The minimum Gasteiger partial charge on any atom is -0.756 e. The van der Waals surface area contributed by atoms with Gasteiger partial charge in [-0.25, -0.2) is 0 Å². The lowest BCUT2D eigenvalue weighted by atomic mass is 10.0. The van der Waals surface area contributed by atoms with Crippen molar-refractivity contribution in [3.05, 3.63) is 85.1 Å². The van der Waals surface area contributed by atoms with E-state index in [1.54, 1.807) is 0 Å². The van der Waals surface area contributed by atoms with Gasteiger partial charge in [0.15, 0.2) is 6.10 Å². The Morgan fingerprint density at radius 1 is 0.508 bits per heavy atom. The number of carbonyl (C=O) groups is 2. The van der Waals surface area contributed by atoms with E-state index in [9.17, 15) is 19.0 Å². The molecule has 10 heteroatoms. The molecule has 0 aliphatic carbocycles. The van der Waals surface area contributed by atoms with E-state index in [1.165, 1.54) is 70.6 Å². The quantitative estimate of drug-likeness (QED) is 0.0195. The second-order valence-corrected chi connectivity index (χ2v) is 18.9. The molecule has 0 saturated heterocycles. The molecule has 0 heterocycles. The molecule has 362 valence electrons. The zero-order chi connectivity index (χ0) is 46.4. The van der Waals surface area contributed by atoms with E-state index in [0.717, 1.165) is 83.5 Å². The van der Waals surface area contributed by atoms with Crippen LogP contribution in [0.4, 0.5) is 0 Å². The maximum absolute atomic E-state index is 12.7. The highest BCUT2D eigenvalue weighted by atomic mass is 31.2. The highest BCUT2D eigenvalue weighted by Crippen LogP contribution is 2.38. The number of phosphoric ester groups is 1. The first-order chi connectivity index (χ1) is 30.5. The molecule has 0 aromatic heterocycles. The average Bonchev–Trinajstić information content (AvgIpc) is 3.24. The molecule has 0 saturated carbocycles. The summed E-state index contributed by atoms with van der Waals surface area (Å²) in [6, 6.07) is 0. The summed E-state index contributed by atoms with van der Waals surface area (Å²) < 4.78 is 34.0. The van der Waals surface area contributed by atoms with Crippen LogP contribution in [0.5, 0.6) is 0 Å². The first-order valence-corrected chi connectivity index (χ1v) is 26.3. The Morgan fingerprint density at radius 3 is 1.35 bits per heavy atom. The largest absolute Gasteiger partial charge is 0.756 e. The van der Waals surface area contributed by atoms with Gasteiger partial charge in [0.1, 0.15) is 19.8 Å². The van der Waals surface area contributed by atoms with Gasteiger partial charge in [-0.1, -0.05) is 189 Å². The molecule has 0 bridgehead atoms.